The van der Waals surface area contributed by atoms with Gasteiger partial charge in [0, 0.05) is 88.5 Å². The molecule has 5 aromatic heterocycles. The molecule has 15 aromatic rings. The minimum absolute atomic E-state index is 0.286. The molecule has 123 heavy (non-hydrogen) atoms. The molecule has 1 saturated carbocycles. The second-order valence-corrected chi connectivity index (χ2v) is 36.9. The molecule has 0 N–H and O–H groups in total. The summed E-state index contributed by atoms with van der Waals surface area (Å²) in [5.41, 5.74) is 46.5. The monoisotopic (exact) mass is 1620 g/mol. The molecule has 0 bridgehead atoms. The second kappa shape index (κ2) is 40.8. The Morgan fingerprint density at radius 2 is 0.545 bits per heavy atom. The van der Waals surface area contributed by atoms with Crippen molar-refractivity contribution in [2.75, 3.05) is 0 Å². The highest BCUT2D eigenvalue weighted by molar-refractivity contribution is 5.81. The van der Waals surface area contributed by atoms with Gasteiger partial charge in [0.15, 0.2) is 31.0 Å². The molecule has 1 fully saturated rings. The molecule has 1 aliphatic rings. The Hall–Kier alpha value is -12.1. The predicted octanol–water partition coefficient (Wildman–Crippen LogP) is 28.2. The maximum atomic E-state index is 2.43. The van der Waals surface area contributed by atoms with Crippen molar-refractivity contribution in [1.82, 2.24) is 0 Å². The van der Waals surface area contributed by atoms with Gasteiger partial charge in [-0.05, 0) is 294 Å². The number of nitrogens with zero attached hydrogens (tertiary/aromatic N) is 5. The molecule has 5 heteroatoms. The zero-order valence-electron chi connectivity index (χ0n) is 78.1. The second-order valence-electron chi connectivity index (χ2n) is 36.9. The predicted molar refractivity (Wildman–Crippen MR) is 522 cm³/mol. The third kappa shape index (κ3) is 22.8. The van der Waals surface area contributed by atoms with Crippen LogP contribution in [0.1, 0.15) is 169 Å². The summed E-state index contributed by atoms with van der Waals surface area (Å²) in [6.45, 7) is 40.2. The zero-order chi connectivity index (χ0) is 87.9. The van der Waals surface area contributed by atoms with E-state index in [4.69, 9.17) is 0 Å². The molecule has 0 amide bonds. The summed E-state index contributed by atoms with van der Waals surface area (Å²) in [7, 11) is 10.7. The molecule has 0 saturated heterocycles. The minimum atomic E-state index is 0.286. The van der Waals surface area contributed by atoms with E-state index in [0.29, 0.717) is 11.8 Å². The molecule has 626 valence electrons. The van der Waals surface area contributed by atoms with Gasteiger partial charge in [-0.1, -0.05) is 243 Å². The molecule has 1 aliphatic carbocycles. The van der Waals surface area contributed by atoms with E-state index in [1.165, 1.54) is 221 Å². The Kier molecular flexibility index (Phi) is 29.9. The van der Waals surface area contributed by atoms with E-state index in [2.05, 4.69) is 487 Å². The van der Waals surface area contributed by atoms with E-state index >= 15 is 0 Å². The lowest BCUT2D eigenvalue weighted by atomic mass is 9.87. The smallest absolute Gasteiger partial charge is 0.201 e. The van der Waals surface area contributed by atoms with Crippen LogP contribution in [0, 0.1) is 87.5 Å². The van der Waals surface area contributed by atoms with Crippen LogP contribution in [0.5, 0.6) is 0 Å². The van der Waals surface area contributed by atoms with Crippen LogP contribution in [0.3, 0.4) is 0 Å². The maximum absolute atomic E-state index is 2.43. The largest absolute Gasteiger partial charge is 0.212 e. The van der Waals surface area contributed by atoms with E-state index in [-0.39, 0.29) is 5.41 Å². The van der Waals surface area contributed by atoms with Crippen LogP contribution in [0.2, 0.25) is 0 Å². The fourth-order valence-electron chi connectivity index (χ4n) is 17.9. The van der Waals surface area contributed by atoms with Crippen molar-refractivity contribution in [2.24, 2.45) is 46.6 Å². The van der Waals surface area contributed by atoms with Crippen LogP contribution in [-0.4, -0.2) is 0 Å². The van der Waals surface area contributed by atoms with Crippen molar-refractivity contribution >= 4 is 0 Å². The third-order valence-electron chi connectivity index (χ3n) is 24.6. The van der Waals surface area contributed by atoms with Crippen LogP contribution >= 0.6 is 0 Å². The van der Waals surface area contributed by atoms with Crippen molar-refractivity contribution < 1.29 is 22.8 Å². The molecule has 0 spiro atoms. The molecular formula is C118H134N5+5. The standard InChI is InChI=1S/C25H28N.C25H30N.C24H28N.C23H26N.C21H22N/c1-18-15-19(2)24(17-23(18)21-11-5-4-6-12-21)25-16-22(13-14-26(25)3)20-9-7-8-10-20;1-18-14-19(2)23(16-22(18)21-10-8-7-9-11-21)24-15-20(12-13-26(24)6)17-25(3,4)5;1-17(2)13-20-11-12-25(5)24(15-20)23-16-22(18(3)14-19(23)4)21-9-7-6-8-10-21;1-16(2)20-11-12-24(5)23(14-20)22-15-21(17(3)13-18(22)4)19-9-7-6-8-10-19;1-15-10-11-22(4)21(12-15)20-14-19(16(2)13-17(20)3)18-8-6-5-7-9-18/h4-6,11-17,20H,7-10H2,1-3H3;7-16H,17H2,1-6H3;6-12,14-17H,13H2,1-5H3;6-16H,1-5H3;5-14H,1-4H3/q5*+1. The lowest BCUT2D eigenvalue weighted by molar-refractivity contribution is -0.660. The summed E-state index contributed by atoms with van der Waals surface area (Å²) in [6, 6.07) is 99.6. The number of pyridine rings is 5. The Morgan fingerprint density at radius 1 is 0.276 bits per heavy atom. The number of aryl methyl sites for hydroxylation is 16. The van der Waals surface area contributed by atoms with Gasteiger partial charge in [0.1, 0.15) is 35.2 Å². The summed E-state index contributed by atoms with van der Waals surface area (Å²) in [5.74, 6) is 1.94. The first-order chi connectivity index (χ1) is 58.9. The molecule has 0 atom stereocenters. The highest BCUT2D eigenvalue weighted by atomic mass is 14.9. The fraction of sp³-hybridized carbons (Fsp3) is 0.280. The molecule has 0 unspecified atom stereocenters. The Bertz CT molecular complexity index is 6140. The molecule has 10 aromatic carbocycles. The molecule has 0 aliphatic heterocycles. The zero-order valence-corrected chi connectivity index (χ0v) is 78.1. The van der Waals surface area contributed by atoms with E-state index < -0.39 is 0 Å². The summed E-state index contributed by atoms with van der Waals surface area (Å²) >= 11 is 0. The van der Waals surface area contributed by atoms with Crippen molar-refractivity contribution in [2.45, 2.75) is 175 Å². The Balaban J connectivity index is 0.000000141. The quantitative estimate of drug-likeness (QED) is 0.0912. The van der Waals surface area contributed by atoms with Gasteiger partial charge in [0.2, 0.25) is 28.5 Å². The normalized spacial score (nSPS) is 11.9. The SMILES string of the molecule is Cc1cc(C)c(-c2cc(C(C)C)cc[n+]2C)cc1-c1ccccc1.Cc1cc(C)c(-c2cc(C3CCCC3)cc[n+]2C)cc1-c1ccccc1.Cc1cc(C)c(-c2cc(CC(C)(C)C)cc[n+]2C)cc1-c1ccccc1.Cc1cc(C)c(-c2cc(CC(C)C)cc[n+]2C)cc1-c1ccccc1.Cc1cc[n+](C)c(-c2cc(-c3ccccc3)c(C)cc2C)c1. The summed E-state index contributed by atoms with van der Waals surface area (Å²) in [4.78, 5) is 0. The highest BCUT2D eigenvalue weighted by Crippen LogP contribution is 2.40. The van der Waals surface area contributed by atoms with Gasteiger partial charge in [0.05, 0.1) is 0 Å². The van der Waals surface area contributed by atoms with Gasteiger partial charge >= 0.3 is 0 Å². The maximum Gasteiger partial charge on any atom is 0.212 e. The van der Waals surface area contributed by atoms with Crippen LogP contribution < -0.4 is 22.8 Å². The Morgan fingerprint density at radius 3 is 0.862 bits per heavy atom. The van der Waals surface area contributed by atoms with Crippen molar-refractivity contribution in [3.05, 3.63) is 387 Å². The van der Waals surface area contributed by atoms with Gasteiger partial charge in [-0.15, -0.1) is 0 Å². The minimum Gasteiger partial charge on any atom is -0.201 e. The number of benzene rings is 10. The first kappa shape index (κ1) is 90.2. The van der Waals surface area contributed by atoms with Crippen molar-refractivity contribution in [3.63, 3.8) is 0 Å². The van der Waals surface area contributed by atoms with Crippen LogP contribution in [0.15, 0.2) is 304 Å². The van der Waals surface area contributed by atoms with Gasteiger partial charge in [-0.3, -0.25) is 0 Å². The molecule has 16 rings (SSSR count). The summed E-state index contributed by atoms with van der Waals surface area (Å²) in [5, 5.41) is 0. The molecule has 0 radical (unpaired) electrons. The van der Waals surface area contributed by atoms with E-state index in [1.54, 1.807) is 0 Å². The molecule has 5 heterocycles. The topological polar surface area (TPSA) is 19.4 Å². The summed E-state index contributed by atoms with van der Waals surface area (Å²) < 4.78 is 11.2. The van der Waals surface area contributed by atoms with E-state index in [9.17, 15) is 0 Å². The average Bonchev–Trinajstić information content (AvgIpc) is 0.873. The van der Waals surface area contributed by atoms with Crippen LogP contribution in [0.4, 0.5) is 0 Å². The first-order valence-electron chi connectivity index (χ1n) is 44.6. The van der Waals surface area contributed by atoms with Gasteiger partial charge in [-0.2, -0.15) is 0 Å². The van der Waals surface area contributed by atoms with Crippen molar-refractivity contribution in [3.8, 4) is 112 Å². The fourth-order valence-corrected chi connectivity index (χ4v) is 17.9. The Labute approximate surface area is 738 Å². The lowest BCUT2D eigenvalue weighted by Gasteiger charge is -2.18. The number of rotatable bonds is 15. The van der Waals surface area contributed by atoms with Gasteiger partial charge in [0.25, 0.3) is 0 Å². The van der Waals surface area contributed by atoms with E-state index in [1.807, 2.05) is 0 Å². The molecular weight excluding hydrogens is 1490 g/mol. The highest BCUT2D eigenvalue weighted by Gasteiger charge is 2.26. The first-order valence-corrected chi connectivity index (χ1v) is 44.6. The number of hydrogen-bond donors (Lipinski definition) is 0. The van der Waals surface area contributed by atoms with Crippen LogP contribution in [0.25, 0.3) is 112 Å². The van der Waals surface area contributed by atoms with E-state index in [0.717, 1.165) is 18.8 Å². The summed E-state index contributed by atoms with van der Waals surface area (Å²) in [6.07, 6.45) is 18.6. The average molecular weight is 1620 g/mol. The third-order valence-corrected chi connectivity index (χ3v) is 24.6. The van der Waals surface area contributed by atoms with Crippen molar-refractivity contribution in [1.29, 1.82) is 0 Å². The van der Waals surface area contributed by atoms with Gasteiger partial charge < -0.3 is 0 Å². The number of aromatic nitrogens is 5. The number of hydrogen-bond acceptors (Lipinski definition) is 0. The molecule has 5 nitrogen and oxygen atoms in total. The lowest BCUT2D eigenvalue weighted by Crippen LogP contribution is -2.31. The van der Waals surface area contributed by atoms with Gasteiger partial charge in [-0.25, -0.2) is 22.8 Å². The van der Waals surface area contributed by atoms with Crippen LogP contribution in [-0.2, 0) is 48.1 Å².